The van der Waals surface area contributed by atoms with Crippen molar-refractivity contribution in [2.75, 3.05) is 11.9 Å². The Morgan fingerprint density at radius 3 is 2.71 bits per heavy atom. The first-order valence-electron chi connectivity index (χ1n) is 9.14. The Morgan fingerprint density at radius 2 is 2.06 bits per heavy atom. The first kappa shape index (κ1) is 20.3. The quantitative estimate of drug-likeness (QED) is 0.648. The van der Waals surface area contributed by atoms with E-state index < -0.39 is 17.8 Å². The zero-order chi connectivity index (χ0) is 22.1. The predicted octanol–water partition coefficient (Wildman–Crippen LogP) is 2.76. The minimum absolute atomic E-state index is 0.0856. The molecule has 0 bridgehead atoms. The van der Waals surface area contributed by atoms with Crippen LogP contribution in [-0.4, -0.2) is 38.1 Å². The molecule has 3 amide bonds. The number of carbonyl (C=O) groups excluding carboxylic acids is 2. The minimum Gasteiger partial charge on any atom is -0.365 e. The molecule has 156 valence electrons. The second-order valence-corrected chi connectivity index (χ2v) is 7.19. The molecule has 9 nitrogen and oxygen atoms in total. The zero-order valence-corrected chi connectivity index (χ0v) is 16.7. The van der Waals surface area contributed by atoms with Crippen LogP contribution in [0, 0.1) is 17.1 Å². The number of urea groups is 1. The Balaban J connectivity index is 1.61. The van der Waals surface area contributed by atoms with Crippen molar-refractivity contribution in [2.45, 2.75) is 13.1 Å². The molecule has 3 N–H and O–H groups in total. The number of nitrogens with zero attached hydrogens (tertiary/aromatic N) is 5. The van der Waals surface area contributed by atoms with Gasteiger partial charge >= 0.3 is 6.03 Å². The average molecular weight is 440 g/mol. The predicted molar refractivity (Wildman–Crippen MR) is 110 cm³/mol. The number of aromatic nitrogens is 3. The summed E-state index contributed by atoms with van der Waals surface area (Å²) in [5, 5.41) is 15.8. The van der Waals surface area contributed by atoms with Gasteiger partial charge in [0.05, 0.1) is 34.9 Å². The van der Waals surface area contributed by atoms with Crippen LogP contribution in [0.5, 0.6) is 0 Å². The maximum Gasteiger partial charge on any atom is 0.323 e. The van der Waals surface area contributed by atoms with Crippen LogP contribution in [0.2, 0.25) is 5.02 Å². The Hall–Kier alpha value is -3.97. The van der Waals surface area contributed by atoms with E-state index in [1.54, 1.807) is 10.7 Å². The monoisotopic (exact) mass is 439 g/mol. The summed E-state index contributed by atoms with van der Waals surface area (Å²) >= 11 is 5.87. The highest BCUT2D eigenvalue weighted by molar-refractivity contribution is 6.31. The molecule has 31 heavy (non-hydrogen) atoms. The SMILES string of the molecule is N#Cc1ccc(NC(=O)N2CCn3nc(-c4ccc(F)c(Cl)c4)c(C(N)=O)c3C2)nc1. The van der Waals surface area contributed by atoms with E-state index in [0.29, 0.717) is 35.7 Å². The normalized spacial score (nSPS) is 12.7. The highest BCUT2D eigenvalue weighted by Crippen LogP contribution is 2.30. The number of pyridine rings is 1. The second kappa shape index (κ2) is 8.04. The number of nitriles is 1. The molecule has 2 aromatic heterocycles. The molecule has 0 aliphatic carbocycles. The fourth-order valence-electron chi connectivity index (χ4n) is 3.32. The lowest BCUT2D eigenvalue weighted by Crippen LogP contribution is -2.41. The van der Waals surface area contributed by atoms with Crippen molar-refractivity contribution in [1.82, 2.24) is 19.7 Å². The van der Waals surface area contributed by atoms with Crippen LogP contribution in [0.15, 0.2) is 36.5 Å². The van der Waals surface area contributed by atoms with Gasteiger partial charge in [-0.1, -0.05) is 11.6 Å². The maximum absolute atomic E-state index is 13.5. The number of halogens is 2. The van der Waals surface area contributed by atoms with Gasteiger partial charge in [0.1, 0.15) is 23.4 Å². The highest BCUT2D eigenvalue weighted by Gasteiger charge is 2.30. The molecule has 3 aromatic rings. The summed E-state index contributed by atoms with van der Waals surface area (Å²) in [6.45, 7) is 0.750. The van der Waals surface area contributed by atoms with Crippen molar-refractivity contribution in [3.8, 4) is 17.3 Å². The van der Waals surface area contributed by atoms with E-state index >= 15 is 0 Å². The van der Waals surface area contributed by atoms with E-state index in [1.165, 1.54) is 35.4 Å². The number of nitrogens with one attached hydrogen (secondary N) is 1. The van der Waals surface area contributed by atoms with E-state index in [-0.39, 0.29) is 22.8 Å². The molecule has 0 unspecified atom stereocenters. The van der Waals surface area contributed by atoms with Gasteiger partial charge in [0.2, 0.25) is 0 Å². The van der Waals surface area contributed by atoms with Gasteiger partial charge in [0, 0.05) is 18.3 Å². The Bertz CT molecular complexity index is 1230. The Labute approximate surface area is 180 Å². The minimum atomic E-state index is -0.715. The first-order chi connectivity index (χ1) is 14.9. The number of rotatable bonds is 3. The molecule has 0 saturated heterocycles. The smallest absolute Gasteiger partial charge is 0.323 e. The third-order valence-electron chi connectivity index (χ3n) is 4.83. The van der Waals surface area contributed by atoms with Crippen LogP contribution < -0.4 is 11.1 Å². The van der Waals surface area contributed by atoms with Crippen LogP contribution in [0.4, 0.5) is 15.0 Å². The first-order valence-corrected chi connectivity index (χ1v) is 9.52. The van der Waals surface area contributed by atoms with Crippen molar-refractivity contribution in [2.24, 2.45) is 5.73 Å². The molecule has 4 rings (SSSR count). The van der Waals surface area contributed by atoms with Gasteiger partial charge in [0.25, 0.3) is 5.91 Å². The molecule has 0 atom stereocenters. The van der Waals surface area contributed by atoms with Crippen LogP contribution >= 0.6 is 11.6 Å². The van der Waals surface area contributed by atoms with Gasteiger partial charge in [0.15, 0.2) is 0 Å². The van der Waals surface area contributed by atoms with Gasteiger partial charge in [-0.2, -0.15) is 10.4 Å². The largest absolute Gasteiger partial charge is 0.365 e. The number of carbonyl (C=O) groups is 2. The third-order valence-corrected chi connectivity index (χ3v) is 5.12. The maximum atomic E-state index is 13.5. The number of fused-ring (bicyclic) bond motifs is 1. The van der Waals surface area contributed by atoms with Crippen LogP contribution in [0.3, 0.4) is 0 Å². The summed E-state index contributed by atoms with van der Waals surface area (Å²) in [7, 11) is 0. The van der Waals surface area contributed by atoms with Gasteiger partial charge in [-0.05, 0) is 30.3 Å². The molecule has 1 aliphatic rings. The topological polar surface area (TPSA) is 130 Å². The lowest BCUT2D eigenvalue weighted by atomic mass is 10.0. The number of nitrogens with two attached hydrogens (primary N) is 1. The summed E-state index contributed by atoms with van der Waals surface area (Å²) in [6.07, 6.45) is 1.35. The molecule has 0 fully saturated rings. The van der Waals surface area contributed by atoms with Gasteiger partial charge in [-0.25, -0.2) is 14.2 Å². The number of benzene rings is 1. The Kier molecular flexibility index (Phi) is 5.27. The molecule has 1 aliphatic heterocycles. The summed E-state index contributed by atoms with van der Waals surface area (Å²) in [5.74, 6) is -1.01. The third kappa shape index (κ3) is 3.91. The fraction of sp³-hybridized carbons (Fsp3) is 0.150. The molecule has 0 saturated carbocycles. The van der Waals surface area contributed by atoms with Crippen molar-refractivity contribution < 1.29 is 14.0 Å². The van der Waals surface area contributed by atoms with Crippen molar-refractivity contribution in [3.63, 3.8) is 0 Å². The van der Waals surface area contributed by atoms with E-state index in [1.807, 2.05) is 6.07 Å². The summed E-state index contributed by atoms with van der Waals surface area (Å²) < 4.78 is 15.1. The average Bonchev–Trinajstić information content (AvgIpc) is 3.15. The molecular weight excluding hydrogens is 425 g/mol. The summed E-state index contributed by atoms with van der Waals surface area (Å²) in [5.41, 5.74) is 7.32. The van der Waals surface area contributed by atoms with Crippen molar-refractivity contribution >= 4 is 29.4 Å². The van der Waals surface area contributed by atoms with Gasteiger partial charge in [-0.3, -0.25) is 14.8 Å². The molecule has 3 heterocycles. The van der Waals surface area contributed by atoms with Crippen molar-refractivity contribution in [1.29, 1.82) is 5.26 Å². The Morgan fingerprint density at radius 1 is 1.26 bits per heavy atom. The van der Waals surface area contributed by atoms with Crippen molar-refractivity contribution in [3.05, 3.63) is 64.2 Å². The molecular formula is C20H15ClFN7O2. The standard InChI is InChI=1S/C20H15ClFN7O2/c21-13-7-12(2-3-14(13)22)18-17(19(24)30)15-10-28(5-6-29(15)27-18)20(31)26-16-4-1-11(8-23)9-25-16/h1-4,7,9H,5-6,10H2,(H2,24,30)(H,25,26,31). The van der Waals surface area contributed by atoms with Gasteiger partial charge < -0.3 is 10.6 Å². The van der Waals surface area contributed by atoms with Crippen LogP contribution in [0.25, 0.3) is 11.3 Å². The fourth-order valence-corrected chi connectivity index (χ4v) is 3.50. The molecule has 11 heteroatoms. The number of primary amides is 1. The zero-order valence-electron chi connectivity index (χ0n) is 16.0. The molecule has 1 aromatic carbocycles. The number of hydrogen-bond donors (Lipinski definition) is 2. The highest BCUT2D eigenvalue weighted by atomic mass is 35.5. The molecule has 0 spiro atoms. The lowest BCUT2D eigenvalue weighted by molar-refractivity contribution is 0.0997. The van der Waals surface area contributed by atoms with Gasteiger partial charge in [-0.15, -0.1) is 0 Å². The van der Waals surface area contributed by atoms with E-state index in [9.17, 15) is 14.0 Å². The number of anilines is 1. The summed E-state index contributed by atoms with van der Waals surface area (Å²) in [4.78, 5) is 30.4. The summed E-state index contributed by atoms with van der Waals surface area (Å²) in [6, 6.07) is 8.61. The van der Waals surface area contributed by atoms with Crippen LogP contribution in [0.1, 0.15) is 21.6 Å². The second-order valence-electron chi connectivity index (χ2n) is 6.78. The van der Waals surface area contributed by atoms with E-state index in [2.05, 4.69) is 15.4 Å². The number of amides is 3. The number of hydrogen-bond acceptors (Lipinski definition) is 5. The van der Waals surface area contributed by atoms with E-state index in [4.69, 9.17) is 22.6 Å². The lowest BCUT2D eigenvalue weighted by Gasteiger charge is -2.28. The molecule has 0 radical (unpaired) electrons. The van der Waals surface area contributed by atoms with Crippen LogP contribution in [-0.2, 0) is 13.1 Å². The van der Waals surface area contributed by atoms with E-state index in [0.717, 1.165) is 0 Å².